The number of aromatic nitrogens is 3. The number of aliphatic imine (C=N–C) groups is 1. The van der Waals surface area contributed by atoms with Gasteiger partial charge in [-0.3, -0.25) is 19.5 Å². The van der Waals surface area contributed by atoms with E-state index in [1.807, 2.05) is 17.9 Å². The Balaban J connectivity index is 1.50. The average molecular weight is 341 g/mol. The van der Waals surface area contributed by atoms with E-state index in [1.165, 1.54) is 5.56 Å². The van der Waals surface area contributed by atoms with E-state index in [-0.39, 0.29) is 12.5 Å². The largest absolute Gasteiger partial charge is 0.347 e. The Morgan fingerprint density at radius 1 is 1.44 bits per heavy atom. The van der Waals surface area contributed by atoms with Crippen molar-refractivity contribution in [2.24, 2.45) is 12.0 Å². The van der Waals surface area contributed by atoms with Crippen molar-refractivity contribution >= 4 is 17.6 Å². The second-order valence-corrected chi connectivity index (χ2v) is 6.07. The van der Waals surface area contributed by atoms with Gasteiger partial charge < -0.3 is 15.5 Å². The molecule has 0 aliphatic carbocycles. The van der Waals surface area contributed by atoms with Gasteiger partial charge in [0.15, 0.2) is 5.96 Å². The molecular weight excluding hydrogens is 318 g/mol. The Labute approximate surface area is 147 Å². The van der Waals surface area contributed by atoms with Gasteiger partial charge in [0.05, 0.1) is 24.6 Å². The number of carbonyl (C=O) groups excluding carboxylic acids is 1. The molecule has 3 rings (SSSR count). The van der Waals surface area contributed by atoms with Crippen LogP contribution >= 0.6 is 0 Å². The molecule has 1 atom stereocenters. The number of anilines is 1. The molecule has 0 spiro atoms. The van der Waals surface area contributed by atoms with E-state index in [1.54, 1.807) is 31.6 Å². The molecule has 132 valence electrons. The number of hydrogen-bond acceptors (Lipinski definition) is 4. The van der Waals surface area contributed by atoms with Crippen molar-refractivity contribution in [3.05, 3.63) is 42.5 Å². The number of likely N-dealkylation sites (tertiary alicyclic amines) is 1. The summed E-state index contributed by atoms with van der Waals surface area (Å²) in [6, 6.07) is 3.59. The fourth-order valence-corrected chi connectivity index (χ4v) is 3.01. The van der Waals surface area contributed by atoms with Crippen LogP contribution in [0.15, 0.2) is 41.9 Å². The first-order valence-corrected chi connectivity index (χ1v) is 8.29. The summed E-state index contributed by atoms with van der Waals surface area (Å²) in [4.78, 5) is 22.5. The number of aryl methyl sites for hydroxylation is 1. The molecular formula is C17H23N7O. The lowest BCUT2D eigenvalue weighted by Gasteiger charge is -2.21. The van der Waals surface area contributed by atoms with Gasteiger partial charge >= 0.3 is 0 Å². The second-order valence-electron chi connectivity index (χ2n) is 6.07. The van der Waals surface area contributed by atoms with Gasteiger partial charge in [0, 0.05) is 45.5 Å². The second kappa shape index (κ2) is 7.78. The maximum absolute atomic E-state index is 12.1. The zero-order valence-corrected chi connectivity index (χ0v) is 14.5. The number of hydrogen-bond donors (Lipinski definition) is 2. The molecule has 2 aromatic heterocycles. The number of nitrogens with one attached hydrogen (secondary N) is 2. The summed E-state index contributed by atoms with van der Waals surface area (Å²) in [5.74, 6) is 1.06. The molecule has 2 N–H and O–H groups in total. The third-order valence-electron chi connectivity index (χ3n) is 4.25. The average Bonchev–Trinajstić information content (AvgIpc) is 3.25. The van der Waals surface area contributed by atoms with Gasteiger partial charge in [-0.05, 0) is 24.1 Å². The topological polar surface area (TPSA) is 87.4 Å². The van der Waals surface area contributed by atoms with Gasteiger partial charge in [0.25, 0.3) is 0 Å². The van der Waals surface area contributed by atoms with Crippen LogP contribution in [0.5, 0.6) is 0 Å². The Kier molecular flexibility index (Phi) is 5.27. The number of pyridine rings is 1. The number of carbonyl (C=O) groups is 1. The highest BCUT2D eigenvalue weighted by molar-refractivity contribution is 5.94. The third kappa shape index (κ3) is 4.34. The van der Waals surface area contributed by atoms with Gasteiger partial charge in [-0.15, -0.1) is 0 Å². The van der Waals surface area contributed by atoms with E-state index in [0.717, 1.165) is 25.5 Å². The predicted molar refractivity (Wildman–Crippen MR) is 96.4 cm³/mol. The van der Waals surface area contributed by atoms with E-state index in [2.05, 4.69) is 36.8 Å². The van der Waals surface area contributed by atoms with Gasteiger partial charge in [-0.1, -0.05) is 0 Å². The van der Waals surface area contributed by atoms with Gasteiger partial charge in [0.2, 0.25) is 5.91 Å². The Morgan fingerprint density at radius 3 is 3.00 bits per heavy atom. The Hall–Kier alpha value is -2.90. The zero-order valence-electron chi connectivity index (χ0n) is 14.5. The summed E-state index contributed by atoms with van der Waals surface area (Å²) in [6.45, 7) is 1.94. The lowest BCUT2D eigenvalue weighted by molar-refractivity contribution is -0.115. The number of amides is 1. The molecule has 0 radical (unpaired) electrons. The fraction of sp³-hybridized carbons (Fsp3) is 0.412. The van der Waals surface area contributed by atoms with Crippen molar-refractivity contribution in [3.8, 4) is 0 Å². The van der Waals surface area contributed by atoms with Crippen LogP contribution in [0.4, 0.5) is 5.69 Å². The van der Waals surface area contributed by atoms with E-state index in [9.17, 15) is 4.79 Å². The van der Waals surface area contributed by atoms with Crippen LogP contribution in [0.3, 0.4) is 0 Å². The molecule has 1 saturated heterocycles. The Morgan fingerprint density at radius 2 is 2.32 bits per heavy atom. The van der Waals surface area contributed by atoms with Crippen LogP contribution in [-0.2, 0) is 11.8 Å². The maximum atomic E-state index is 12.1. The van der Waals surface area contributed by atoms with Crippen LogP contribution in [0.2, 0.25) is 0 Å². The highest BCUT2D eigenvalue weighted by atomic mass is 16.1. The zero-order chi connectivity index (χ0) is 17.6. The molecule has 2 aromatic rings. The first kappa shape index (κ1) is 16.9. The first-order valence-electron chi connectivity index (χ1n) is 8.29. The van der Waals surface area contributed by atoms with Crippen LogP contribution in [-0.4, -0.2) is 58.2 Å². The van der Waals surface area contributed by atoms with E-state index in [4.69, 9.17) is 0 Å². The lowest BCUT2D eigenvalue weighted by atomic mass is 10.0. The van der Waals surface area contributed by atoms with Crippen molar-refractivity contribution in [3.63, 3.8) is 0 Å². The van der Waals surface area contributed by atoms with Crippen LogP contribution in [0.1, 0.15) is 17.9 Å². The molecule has 1 amide bonds. The molecule has 1 aliphatic heterocycles. The molecule has 1 aliphatic rings. The van der Waals surface area contributed by atoms with E-state index >= 15 is 0 Å². The summed E-state index contributed by atoms with van der Waals surface area (Å²) in [6.07, 6.45) is 8.32. The molecule has 0 saturated carbocycles. The molecule has 0 bridgehead atoms. The quantitative estimate of drug-likeness (QED) is 0.635. The normalized spacial score (nSPS) is 17.6. The summed E-state index contributed by atoms with van der Waals surface area (Å²) in [5.41, 5.74) is 1.93. The summed E-state index contributed by atoms with van der Waals surface area (Å²) < 4.78 is 1.83. The molecule has 1 unspecified atom stereocenters. The summed E-state index contributed by atoms with van der Waals surface area (Å²) in [5, 5.41) is 10.2. The van der Waals surface area contributed by atoms with Crippen molar-refractivity contribution in [1.82, 2.24) is 25.0 Å². The minimum Gasteiger partial charge on any atom is -0.347 e. The monoisotopic (exact) mass is 341 g/mol. The lowest BCUT2D eigenvalue weighted by Crippen LogP contribution is -2.43. The molecule has 1 fully saturated rings. The minimum atomic E-state index is -0.128. The third-order valence-corrected chi connectivity index (χ3v) is 4.25. The number of guanidine groups is 1. The molecule has 8 heteroatoms. The summed E-state index contributed by atoms with van der Waals surface area (Å²) in [7, 11) is 3.66. The molecule has 8 nitrogen and oxygen atoms in total. The Bertz CT molecular complexity index is 740. The van der Waals surface area contributed by atoms with Crippen molar-refractivity contribution in [2.45, 2.75) is 12.3 Å². The van der Waals surface area contributed by atoms with Crippen LogP contribution < -0.4 is 10.6 Å². The van der Waals surface area contributed by atoms with Gasteiger partial charge in [-0.2, -0.15) is 5.10 Å². The maximum Gasteiger partial charge on any atom is 0.243 e. The van der Waals surface area contributed by atoms with Crippen molar-refractivity contribution < 1.29 is 4.79 Å². The highest BCUT2D eigenvalue weighted by Crippen LogP contribution is 2.26. The molecule has 3 heterocycles. The summed E-state index contributed by atoms with van der Waals surface area (Å²) >= 11 is 0. The predicted octanol–water partition coefficient (Wildman–Crippen LogP) is 0.818. The fourth-order valence-electron chi connectivity index (χ4n) is 3.01. The van der Waals surface area contributed by atoms with E-state index < -0.39 is 0 Å². The SMILES string of the molecule is CN=C(NCC(=O)Nc1cccnc1)N1CCC(c2cnn(C)c2)C1. The van der Waals surface area contributed by atoms with Crippen molar-refractivity contribution in [2.75, 3.05) is 32.0 Å². The molecule has 0 aromatic carbocycles. The van der Waals surface area contributed by atoms with Gasteiger partial charge in [0.1, 0.15) is 0 Å². The van der Waals surface area contributed by atoms with Crippen LogP contribution in [0.25, 0.3) is 0 Å². The highest BCUT2D eigenvalue weighted by Gasteiger charge is 2.27. The smallest absolute Gasteiger partial charge is 0.243 e. The van der Waals surface area contributed by atoms with E-state index in [0.29, 0.717) is 11.6 Å². The minimum absolute atomic E-state index is 0.128. The first-order chi connectivity index (χ1) is 12.2. The van der Waals surface area contributed by atoms with Crippen molar-refractivity contribution in [1.29, 1.82) is 0 Å². The van der Waals surface area contributed by atoms with Gasteiger partial charge in [-0.25, -0.2) is 0 Å². The molecule has 25 heavy (non-hydrogen) atoms. The standard InChI is InChI=1S/C17H23N7O/c1-18-17(20-10-16(25)22-15-4-3-6-19-9-15)24-7-5-13(12-24)14-8-21-23(2)11-14/h3-4,6,8-9,11,13H,5,7,10,12H2,1-2H3,(H,18,20)(H,22,25). The number of nitrogens with zero attached hydrogens (tertiary/aromatic N) is 5. The van der Waals surface area contributed by atoms with Crippen LogP contribution in [0, 0.1) is 0 Å². The number of rotatable bonds is 4.